The molecule has 5 heteroatoms. The van der Waals surface area contributed by atoms with Gasteiger partial charge in [0.2, 0.25) is 0 Å². The molecule has 0 aliphatic carbocycles. The minimum Gasteiger partial charge on any atom is -0.312 e. The number of sulfone groups is 1. The fourth-order valence-corrected chi connectivity index (χ4v) is 4.46. The van der Waals surface area contributed by atoms with E-state index in [-0.39, 0.29) is 6.04 Å². The van der Waals surface area contributed by atoms with Crippen LogP contribution in [0, 0.1) is 0 Å². The highest BCUT2D eigenvalue weighted by Gasteiger charge is 2.42. The highest BCUT2D eigenvalue weighted by molar-refractivity contribution is 7.92. The first-order valence-electron chi connectivity index (χ1n) is 4.69. The first-order chi connectivity index (χ1) is 7.00. The second kappa shape index (κ2) is 3.47. The number of hydrogen-bond acceptors (Lipinski definition) is 3. The molecule has 0 fully saturated rings. The summed E-state index contributed by atoms with van der Waals surface area (Å²) in [5, 5.41) is 2.87. The van der Waals surface area contributed by atoms with Crippen molar-refractivity contribution in [1.29, 1.82) is 0 Å². The van der Waals surface area contributed by atoms with E-state index in [4.69, 9.17) is 11.6 Å². The lowest BCUT2D eigenvalue weighted by Crippen LogP contribution is -2.26. The zero-order valence-corrected chi connectivity index (χ0v) is 10.1. The van der Waals surface area contributed by atoms with Gasteiger partial charge in [0, 0.05) is 0 Å². The van der Waals surface area contributed by atoms with Gasteiger partial charge in [0.15, 0.2) is 9.84 Å². The van der Waals surface area contributed by atoms with Crippen LogP contribution in [0.1, 0.15) is 18.5 Å². The van der Waals surface area contributed by atoms with E-state index in [9.17, 15) is 8.42 Å². The summed E-state index contributed by atoms with van der Waals surface area (Å²) in [6, 6.07) is 5.04. The van der Waals surface area contributed by atoms with Gasteiger partial charge in [-0.05, 0) is 25.6 Å². The van der Waals surface area contributed by atoms with Crippen LogP contribution in [-0.4, -0.2) is 20.7 Å². The van der Waals surface area contributed by atoms with Crippen LogP contribution in [0.4, 0.5) is 0 Å². The molecule has 2 rings (SSSR count). The van der Waals surface area contributed by atoms with Crippen molar-refractivity contribution in [2.45, 2.75) is 23.1 Å². The van der Waals surface area contributed by atoms with Gasteiger partial charge in [-0.25, -0.2) is 8.42 Å². The number of rotatable bonds is 1. The minimum absolute atomic E-state index is 0.163. The topological polar surface area (TPSA) is 46.2 Å². The van der Waals surface area contributed by atoms with Crippen LogP contribution in [0.2, 0.25) is 5.02 Å². The number of halogens is 1. The van der Waals surface area contributed by atoms with Crippen LogP contribution in [0.15, 0.2) is 23.1 Å². The first kappa shape index (κ1) is 10.9. The molecule has 2 unspecified atom stereocenters. The Bertz CT molecular complexity index is 498. The van der Waals surface area contributed by atoms with Crippen LogP contribution in [0.25, 0.3) is 0 Å². The third-order valence-electron chi connectivity index (χ3n) is 2.89. The largest absolute Gasteiger partial charge is 0.312 e. The quantitative estimate of drug-likeness (QED) is 0.821. The lowest BCUT2D eigenvalue weighted by molar-refractivity contribution is 0.553. The predicted molar refractivity (Wildman–Crippen MR) is 59.9 cm³/mol. The van der Waals surface area contributed by atoms with Gasteiger partial charge in [-0.1, -0.05) is 23.7 Å². The van der Waals surface area contributed by atoms with Crippen LogP contribution >= 0.6 is 11.6 Å². The molecular formula is C10H12ClNO2S. The summed E-state index contributed by atoms with van der Waals surface area (Å²) < 4.78 is 24.1. The number of hydrogen-bond donors (Lipinski definition) is 1. The van der Waals surface area contributed by atoms with Gasteiger partial charge in [0.25, 0.3) is 0 Å². The van der Waals surface area contributed by atoms with E-state index in [0.717, 1.165) is 5.56 Å². The summed E-state index contributed by atoms with van der Waals surface area (Å²) in [4.78, 5) is 0.290. The zero-order chi connectivity index (χ0) is 11.2. The Kier molecular flexibility index (Phi) is 2.53. The molecule has 3 nitrogen and oxygen atoms in total. The second-order valence-corrected chi connectivity index (χ2v) is 6.32. The average Bonchev–Trinajstić information content (AvgIpc) is 2.36. The first-order valence-corrected chi connectivity index (χ1v) is 6.62. The van der Waals surface area contributed by atoms with E-state index in [1.807, 2.05) is 6.07 Å². The van der Waals surface area contributed by atoms with E-state index >= 15 is 0 Å². The summed E-state index contributed by atoms with van der Waals surface area (Å²) in [6.45, 7) is 1.70. The predicted octanol–water partition coefficient (Wildman–Crippen LogP) is 1.78. The summed E-state index contributed by atoms with van der Waals surface area (Å²) in [5.74, 6) is 0. The van der Waals surface area contributed by atoms with Crippen molar-refractivity contribution in [3.05, 3.63) is 28.8 Å². The molecule has 0 spiro atoms. The number of fused-ring (bicyclic) bond motifs is 1. The third kappa shape index (κ3) is 1.40. The van der Waals surface area contributed by atoms with Gasteiger partial charge in [-0.15, -0.1) is 0 Å². The van der Waals surface area contributed by atoms with Gasteiger partial charge in [-0.3, -0.25) is 0 Å². The van der Waals surface area contributed by atoms with Gasteiger partial charge < -0.3 is 5.32 Å². The summed E-state index contributed by atoms with van der Waals surface area (Å²) >= 11 is 5.93. The van der Waals surface area contributed by atoms with Gasteiger partial charge >= 0.3 is 0 Å². The van der Waals surface area contributed by atoms with Crippen molar-refractivity contribution in [2.24, 2.45) is 0 Å². The Hall–Kier alpha value is -0.580. The molecule has 2 atom stereocenters. The second-order valence-electron chi connectivity index (χ2n) is 3.67. The number of nitrogens with one attached hydrogen (secondary N) is 1. The Labute approximate surface area is 94.4 Å². The molecular weight excluding hydrogens is 234 g/mol. The molecule has 0 amide bonds. The van der Waals surface area contributed by atoms with E-state index < -0.39 is 15.1 Å². The summed E-state index contributed by atoms with van der Waals surface area (Å²) in [6.07, 6.45) is 0. The zero-order valence-electron chi connectivity index (χ0n) is 8.49. The SMILES string of the molecule is CNC1c2cccc(Cl)c2S(=O)(=O)C1C. The van der Waals surface area contributed by atoms with Crippen LogP contribution in [-0.2, 0) is 9.84 Å². The van der Waals surface area contributed by atoms with Crippen molar-refractivity contribution < 1.29 is 8.42 Å². The van der Waals surface area contributed by atoms with E-state index in [0.29, 0.717) is 9.92 Å². The van der Waals surface area contributed by atoms with Crippen molar-refractivity contribution >= 4 is 21.4 Å². The standard InChI is InChI=1S/C10H12ClNO2S/c1-6-9(12-2)7-4-3-5-8(11)10(7)15(6,13)14/h3-6,9,12H,1-2H3. The normalized spacial score (nSPS) is 27.7. The smallest absolute Gasteiger partial charge is 0.184 e. The van der Waals surface area contributed by atoms with Crippen LogP contribution < -0.4 is 5.32 Å². The molecule has 1 aliphatic rings. The summed E-state index contributed by atoms with van der Waals surface area (Å²) in [5.41, 5.74) is 0.775. The highest BCUT2D eigenvalue weighted by Crippen LogP contribution is 2.42. The lowest BCUT2D eigenvalue weighted by atomic mass is 10.1. The molecule has 1 aliphatic heterocycles. The van der Waals surface area contributed by atoms with Crippen molar-refractivity contribution in [3.63, 3.8) is 0 Å². The third-order valence-corrected chi connectivity index (χ3v) is 5.59. The molecule has 0 radical (unpaired) electrons. The van der Waals surface area contributed by atoms with Gasteiger partial charge in [0.1, 0.15) is 0 Å². The fraction of sp³-hybridized carbons (Fsp3) is 0.400. The molecule has 0 saturated carbocycles. The monoisotopic (exact) mass is 245 g/mol. The fourth-order valence-electron chi connectivity index (χ4n) is 2.08. The van der Waals surface area contributed by atoms with Crippen molar-refractivity contribution in [1.82, 2.24) is 5.32 Å². The molecule has 0 bridgehead atoms. The van der Waals surface area contributed by atoms with Gasteiger partial charge in [-0.2, -0.15) is 0 Å². The Morgan fingerprint density at radius 3 is 2.67 bits per heavy atom. The minimum atomic E-state index is -3.27. The summed E-state index contributed by atoms with van der Waals surface area (Å²) in [7, 11) is -1.51. The Morgan fingerprint density at radius 1 is 1.40 bits per heavy atom. The highest BCUT2D eigenvalue weighted by atomic mass is 35.5. The van der Waals surface area contributed by atoms with Crippen LogP contribution in [0.3, 0.4) is 0 Å². The van der Waals surface area contributed by atoms with E-state index in [1.54, 1.807) is 26.1 Å². The molecule has 1 heterocycles. The molecule has 0 saturated heterocycles. The van der Waals surface area contributed by atoms with E-state index in [2.05, 4.69) is 5.32 Å². The van der Waals surface area contributed by atoms with Crippen LogP contribution in [0.5, 0.6) is 0 Å². The molecule has 1 aromatic carbocycles. The molecule has 15 heavy (non-hydrogen) atoms. The van der Waals surface area contributed by atoms with Crippen molar-refractivity contribution in [2.75, 3.05) is 7.05 Å². The molecule has 1 N–H and O–H groups in total. The maximum absolute atomic E-state index is 12.0. The molecule has 82 valence electrons. The Morgan fingerprint density at radius 2 is 2.07 bits per heavy atom. The van der Waals surface area contributed by atoms with E-state index in [1.165, 1.54) is 0 Å². The average molecular weight is 246 g/mol. The van der Waals surface area contributed by atoms with Crippen molar-refractivity contribution in [3.8, 4) is 0 Å². The lowest BCUT2D eigenvalue weighted by Gasteiger charge is -2.13. The molecule has 1 aromatic rings. The maximum Gasteiger partial charge on any atom is 0.184 e. The van der Waals surface area contributed by atoms with Gasteiger partial charge in [0.05, 0.1) is 21.2 Å². The molecule has 0 aromatic heterocycles. The Balaban J connectivity index is 2.76. The maximum atomic E-state index is 12.0. The number of benzene rings is 1.